The van der Waals surface area contributed by atoms with Crippen molar-refractivity contribution < 1.29 is 18.8 Å². The Morgan fingerprint density at radius 3 is 2.50 bits per heavy atom. The first-order valence-corrected chi connectivity index (χ1v) is 9.69. The van der Waals surface area contributed by atoms with Crippen LogP contribution < -0.4 is 9.47 Å². The van der Waals surface area contributed by atoms with E-state index in [1.54, 1.807) is 31.3 Å². The Labute approximate surface area is 174 Å². The summed E-state index contributed by atoms with van der Waals surface area (Å²) in [6.07, 6.45) is 2.90. The second kappa shape index (κ2) is 8.41. The van der Waals surface area contributed by atoms with Crippen LogP contribution in [0.2, 0.25) is 0 Å². The van der Waals surface area contributed by atoms with Gasteiger partial charge >= 0.3 is 0 Å². The van der Waals surface area contributed by atoms with E-state index in [0.717, 1.165) is 16.7 Å². The van der Waals surface area contributed by atoms with Crippen molar-refractivity contribution in [2.75, 3.05) is 14.2 Å². The number of hydrogen-bond donors (Lipinski definition) is 0. The van der Waals surface area contributed by atoms with Crippen molar-refractivity contribution >= 4 is 12.0 Å². The van der Waals surface area contributed by atoms with E-state index < -0.39 is 0 Å². The van der Waals surface area contributed by atoms with Crippen LogP contribution >= 0.6 is 0 Å². The van der Waals surface area contributed by atoms with Crippen molar-refractivity contribution in [2.24, 2.45) is 0 Å². The lowest BCUT2D eigenvalue weighted by atomic mass is 10.1. The first-order chi connectivity index (χ1) is 14.6. The minimum atomic E-state index is -0.245. The monoisotopic (exact) mass is 405 g/mol. The molecule has 30 heavy (non-hydrogen) atoms. The van der Waals surface area contributed by atoms with E-state index in [1.165, 1.54) is 0 Å². The maximum Gasteiger partial charge on any atom is 0.249 e. The van der Waals surface area contributed by atoms with Gasteiger partial charge in [-0.3, -0.25) is 4.79 Å². The van der Waals surface area contributed by atoms with Gasteiger partial charge in [0.2, 0.25) is 17.6 Å². The number of benzene rings is 2. The maximum atomic E-state index is 12.5. The lowest BCUT2D eigenvalue weighted by Crippen LogP contribution is -2.27. The van der Waals surface area contributed by atoms with Crippen LogP contribution in [0.15, 0.2) is 53.6 Å². The zero-order valence-electron chi connectivity index (χ0n) is 17.0. The van der Waals surface area contributed by atoms with Gasteiger partial charge in [0.05, 0.1) is 14.2 Å². The van der Waals surface area contributed by atoms with Crippen LogP contribution in [0.5, 0.6) is 11.5 Å². The Morgan fingerprint density at radius 1 is 1.17 bits per heavy atom. The van der Waals surface area contributed by atoms with Gasteiger partial charge in [-0.05, 0) is 29.7 Å². The SMILES string of the molecule is C=Cc1ccc(CN2C(=O)CCC2c2nc(-c3cc(OC)cc(OC)c3)no2)cc1. The fourth-order valence-corrected chi connectivity index (χ4v) is 3.57. The molecule has 3 aromatic rings. The molecule has 1 unspecified atom stereocenters. The average molecular weight is 405 g/mol. The van der Waals surface area contributed by atoms with Gasteiger partial charge in [0, 0.05) is 24.6 Å². The van der Waals surface area contributed by atoms with Crippen molar-refractivity contribution in [3.05, 3.63) is 66.1 Å². The average Bonchev–Trinajstić information content (AvgIpc) is 3.41. The van der Waals surface area contributed by atoms with Crippen LogP contribution in [-0.2, 0) is 11.3 Å². The van der Waals surface area contributed by atoms with Gasteiger partial charge in [0.25, 0.3) is 0 Å². The standard InChI is InChI=1S/C23H23N3O4/c1-4-15-5-7-16(8-6-15)14-26-20(9-10-21(26)27)23-24-22(25-30-23)17-11-18(28-2)13-19(12-17)29-3/h4-8,11-13,20H,1,9-10,14H2,2-3H3. The molecule has 7 heteroatoms. The topological polar surface area (TPSA) is 77.7 Å². The fraction of sp³-hybridized carbons (Fsp3) is 0.261. The van der Waals surface area contributed by atoms with Gasteiger partial charge in [-0.1, -0.05) is 42.1 Å². The molecule has 1 fully saturated rings. The largest absolute Gasteiger partial charge is 0.497 e. The Balaban J connectivity index is 1.58. The third-order valence-electron chi connectivity index (χ3n) is 5.23. The summed E-state index contributed by atoms with van der Waals surface area (Å²) in [7, 11) is 3.17. The first-order valence-electron chi connectivity index (χ1n) is 9.69. The molecule has 0 saturated carbocycles. The molecule has 154 valence electrons. The fourth-order valence-electron chi connectivity index (χ4n) is 3.57. The molecular weight excluding hydrogens is 382 g/mol. The minimum absolute atomic E-state index is 0.0793. The highest BCUT2D eigenvalue weighted by atomic mass is 16.5. The molecule has 2 aromatic carbocycles. The minimum Gasteiger partial charge on any atom is -0.497 e. The summed E-state index contributed by atoms with van der Waals surface area (Å²) in [5.41, 5.74) is 2.80. The van der Waals surface area contributed by atoms with Crippen LogP contribution in [0.3, 0.4) is 0 Å². The number of nitrogens with zero attached hydrogens (tertiary/aromatic N) is 3. The molecule has 1 aromatic heterocycles. The highest BCUT2D eigenvalue weighted by molar-refractivity contribution is 5.79. The van der Waals surface area contributed by atoms with E-state index in [4.69, 9.17) is 14.0 Å². The molecule has 2 heterocycles. The Hall–Kier alpha value is -3.61. The molecule has 0 aliphatic carbocycles. The molecule has 7 nitrogen and oxygen atoms in total. The molecule has 0 bridgehead atoms. The number of rotatable bonds is 7. The smallest absolute Gasteiger partial charge is 0.249 e. The molecule has 1 amide bonds. The lowest BCUT2D eigenvalue weighted by molar-refractivity contribution is -0.129. The highest BCUT2D eigenvalue weighted by Crippen LogP contribution is 2.35. The highest BCUT2D eigenvalue weighted by Gasteiger charge is 2.36. The number of carbonyl (C=O) groups excluding carboxylic acids is 1. The predicted octanol–water partition coefficient (Wildman–Crippen LogP) is 4.26. The van der Waals surface area contributed by atoms with Gasteiger partial charge in [0.1, 0.15) is 17.5 Å². The lowest BCUT2D eigenvalue weighted by Gasteiger charge is -2.22. The molecule has 0 radical (unpaired) electrons. The normalized spacial score (nSPS) is 16.0. The van der Waals surface area contributed by atoms with Gasteiger partial charge in [-0.2, -0.15) is 4.98 Å². The number of hydrogen-bond acceptors (Lipinski definition) is 6. The van der Waals surface area contributed by atoms with Crippen molar-refractivity contribution in [3.8, 4) is 22.9 Å². The van der Waals surface area contributed by atoms with E-state index in [9.17, 15) is 4.79 Å². The van der Waals surface area contributed by atoms with E-state index in [1.807, 2.05) is 36.4 Å². The summed E-state index contributed by atoms with van der Waals surface area (Å²) >= 11 is 0. The van der Waals surface area contributed by atoms with E-state index in [2.05, 4.69) is 16.7 Å². The van der Waals surface area contributed by atoms with Gasteiger partial charge in [0.15, 0.2) is 0 Å². The van der Waals surface area contributed by atoms with Gasteiger partial charge in [-0.15, -0.1) is 0 Å². The van der Waals surface area contributed by atoms with Crippen molar-refractivity contribution in [1.29, 1.82) is 0 Å². The maximum absolute atomic E-state index is 12.5. The Morgan fingerprint density at radius 2 is 1.87 bits per heavy atom. The van der Waals surface area contributed by atoms with Crippen LogP contribution in [0, 0.1) is 0 Å². The van der Waals surface area contributed by atoms with Crippen LogP contribution in [0.4, 0.5) is 0 Å². The molecular formula is C23H23N3O4. The summed E-state index contributed by atoms with van der Waals surface area (Å²) < 4.78 is 16.2. The Kier molecular flexibility index (Phi) is 5.52. The number of ether oxygens (including phenoxy) is 2. The summed E-state index contributed by atoms with van der Waals surface area (Å²) in [6, 6.07) is 13.1. The second-order valence-corrected chi connectivity index (χ2v) is 7.08. The van der Waals surface area contributed by atoms with Crippen LogP contribution in [-0.4, -0.2) is 35.2 Å². The number of aromatic nitrogens is 2. The molecule has 1 aliphatic rings. The van der Waals surface area contributed by atoms with E-state index in [-0.39, 0.29) is 11.9 Å². The Bertz CT molecular complexity index is 1040. The first kappa shape index (κ1) is 19.7. The number of likely N-dealkylation sites (tertiary alicyclic amines) is 1. The third-order valence-corrected chi connectivity index (χ3v) is 5.23. The summed E-state index contributed by atoms with van der Waals surface area (Å²) in [4.78, 5) is 18.9. The van der Waals surface area contributed by atoms with Crippen molar-refractivity contribution in [3.63, 3.8) is 0 Å². The molecule has 0 spiro atoms. The van der Waals surface area contributed by atoms with Crippen molar-refractivity contribution in [1.82, 2.24) is 15.0 Å². The zero-order chi connectivity index (χ0) is 21.1. The van der Waals surface area contributed by atoms with Crippen molar-refractivity contribution in [2.45, 2.75) is 25.4 Å². The summed E-state index contributed by atoms with van der Waals surface area (Å²) in [5.74, 6) is 2.21. The second-order valence-electron chi connectivity index (χ2n) is 7.08. The quantitative estimate of drug-likeness (QED) is 0.584. The molecule has 1 atom stereocenters. The molecule has 1 saturated heterocycles. The number of methoxy groups -OCH3 is 2. The summed E-state index contributed by atoms with van der Waals surface area (Å²) in [5, 5.41) is 4.12. The molecule has 1 aliphatic heterocycles. The van der Waals surface area contributed by atoms with Crippen LogP contribution in [0.1, 0.15) is 35.9 Å². The van der Waals surface area contributed by atoms with Gasteiger partial charge < -0.3 is 18.9 Å². The van der Waals surface area contributed by atoms with E-state index in [0.29, 0.717) is 42.6 Å². The zero-order valence-corrected chi connectivity index (χ0v) is 17.0. The van der Waals surface area contributed by atoms with Crippen LogP contribution in [0.25, 0.3) is 17.5 Å². The summed E-state index contributed by atoms with van der Waals surface area (Å²) in [6.45, 7) is 4.26. The number of amides is 1. The van der Waals surface area contributed by atoms with Gasteiger partial charge in [-0.25, -0.2) is 0 Å². The predicted molar refractivity (Wildman–Crippen MR) is 112 cm³/mol. The molecule has 4 rings (SSSR count). The number of carbonyl (C=O) groups is 1. The third kappa shape index (κ3) is 3.91. The van der Waals surface area contributed by atoms with E-state index >= 15 is 0 Å². The molecule has 0 N–H and O–H groups in total.